The Morgan fingerprint density at radius 1 is 1.00 bits per heavy atom. The number of hydrogen-bond donors (Lipinski definition) is 0. The van der Waals surface area contributed by atoms with Gasteiger partial charge in [0, 0.05) is 5.56 Å². The van der Waals surface area contributed by atoms with E-state index in [0.29, 0.717) is 24.1 Å². The molecule has 27 heavy (non-hydrogen) atoms. The number of aryl methyl sites for hydroxylation is 1. The Hall–Kier alpha value is -3.35. The Balaban J connectivity index is 1.46. The van der Waals surface area contributed by atoms with Crippen molar-refractivity contribution in [3.05, 3.63) is 59.9 Å². The first kappa shape index (κ1) is 18.4. The van der Waals surface area contributed by atoms with E-state index in [1.807, 2.05) is 38.1 Å². The highest BCUT2D eigenvalue weighted by atomic mass is 16.6. The van der Waals surface area contributed by atoms with Gasteiger partial charge in [-0.2, -0.15) is 4.98 Å². The van der Waals surface area contributed by atoms with Gasteiger partial charge in [0.15, 0.2) is 13.2 Å². The summed E-state index contributed by atoms with van der Waals surface area (Å²) in [5, 5.41) is 3.81. The van der Waals surface area contributed by atoms with E-state index < -0.39 is 5.97 Å². The van der Waals surface area contributed by atoms with Crippen LogP contribution in [0.15, 0.2) is 53.1 Å². The van der Waals surface area contributed by atoms with Crippen molar-refractivity contribution in [3.8, 4) is 23.0 Å². The SMILES string of the molecule is CCOc1ccc(OCC(=O)OCc2noc(-c3ccc(C)cc3)n2)cc1. The third-order valence-electron chi connectivity index (χ3n) is 3.62. The van der Waals surface area contributed by atoms with Gasteiger partial charge in [0.25, 0.3) is 5.89 Å². The summed E-state index contributed by atoms with van der Waals surface area (Å²) < 4.78 is 21.0. The van der Waals surface area contributed by atoms with Crippen LogP contribution in [0.5, 0.6) is 11.5 Å². The molecule has 3 aromatic rings. The van der Waals surface area contributed by atoms with Crippen LogP contribution in [-0.4, -0.2) is 29.3 Å². The predicted molar refractivity (Wildman–Crippen MR) is 97.4 cm³/mol. The minimum absolute atomic E-state index is 0.0825. The maximum atomic E-state index is 11.8. The lowest BCUT2D eigenvalue weighted by Gasteiger charge is -2.07. The van der Waals surface area contributed by atoms with Crippen LogP contribution in [0.1, 0.15) is 18.3 Å². The van der Waals surface area contributed by atoms with Gasteiger partial charge in [-0.1, -0.05) is 22.9 Å². The fourth-order valence-electron chi connectivity index (χ4n) is 2.25. The summed E-state index contributed by atoms with van der Waals surface area (Å²) in [6.07, 6.45) is 0. The monoisotopic (exact) mass is 368 g/mol. The average Bonchev–Trinajstić information content (AvgIpc) is 3.16. The molecular weight excluding hydrogens is 348 g/mol. The number of benzene rings is 2. The molecule has 140 valence electrons. The van der Waals surface area contributed by atoms with Gasteiger partial charge in [-0.15, -0.1) is 0 Å². The van der Waals surface area contributed by atoms with E-state index in [-0.39, 0.29) is 13.2 Å². The number of ether oxygens (including phenoxy) is 3. The van der Waals surface area contributed by atoms with Crippen LogP contribution in [0.2, 0.25) is 0 Å². The van der Waals surface area contributed by atoms with Crippen molar-refractivity contribution in [2.75, 3.05) is 13.2 Å². The van der Waals surface area contributed by atoms with Gasteiger partial charge in [-0.25, -0.2) is 4.79 Å². The van der Waals surface area contributed by atoms with E-state index in [4.69, 9.17) is 18.7 Å². The summed E-state index contributed by atoms with van der Waals surface area (Å²) >= 11 is 0. The van der Waals surface area contributed by atoms with E-state index in [1.54, 1.807) is 24.3 Å². The number of rotatable bonds is 8. The molecule has 0 aliphatic carbocycles. The second kappa shape index (κ2) is 8.84. The summed E-state index contributed by atoms with van der Waals surface area (Å²) in [4.78, 5) is 16.0. The predicted octanol–water partition coefficient (Wildman–Crippen LogP) is 3.57. The van der Waals surface area contributed by atoms with Crippen LogP contribution in [0.25, 0.3) is 11.5 Å². The molecule has 0 saturated heterocycles. The first-order valence-corrected chi connectivity index (χ1v) is 8.55. The lowest BCUT2D eigenvalue weighted by atomic mass is 10.1. The van der Waals surface area contributed by atoms with E-state index in [0.717, 1.165) is 16.9 Å². The van der Waals surface area contributed by atoms with E-state index in [2.05, 4.69) is 10.1 Å². The lowest BCUT2D eigenvalue weighted by molar-refractivity contribution is -0.147. The van der Waals surface area contributed by atoms with Crippen molar-refractivity contribution in [2.45, 2.75) is 20.5 Å². The zero-order valence-electron chi connectivity index (χ0n) is 15.2. The lowest BCUT2D eigenvalue weighted by Crippen LogP contribution is -2.15. The third-order valence-corrected chi connectivity index (χ3v) is 3.62. The summed E-state index contributed by atoms with van der Waals surface area (Å²) in [5.41, 5.74) is 1.95. The summed E-state index contributed by atoms with van der Waals surface area (Å²) in [7, 11) is 0. The molecule has 0 saturated carbocycles. The van der Waals surface area contributed by atoms with Crippen LogP contribution < -0.4 is 9.47 Å². The van der Waals surface area contributed by atoms with E-state index in [9.17, 15) is 4.79 Å². The number of nitrogens with zero attached hydrogens (tertiary/aromatic N) is 2. The van der Waals surface area contributed by atoms with Gasteiger partial charge < -0.3 is 18.7 Å². The summed E-state index contributed by atoms with van der Waals surface area (Å²) in [6.45, 7) is 4.21. The molecule has 0 spiro atoms. The molecule has 0 aliphatic heterocycles. The molecule has 7 nitrogen and oxygen atoms in total. The van der Waals surface area contributed by atoms with Crippen LogP contribution in [0, 0.1) is 6.92 Å². The summed E-state index contributed by atoms with van der Waals surface area (Å²) in [5.74, 6) is 1.45. The van der Waals surface area contributed by atoms with Crippen LogP contribution >= 0.6 is 0 Å². The number of aromatic nitrogens is 2. The molecule has 0 atom stereocenters. The quantitative estimate of drug-likeness (QED) is 0.562. The fourth-order valence-corrected chi connectivity index (χ4v) is 2.25. The van der Waals surface area contributed by atoms with Gasteiger partial charge in [-0.3, -0.25) is 0 Å². The molecule has 1 heterocycles. The Bertz CT molecular complexity index is 872. The molecule has 2 aromatic carbocycles. The second-order valence-electron chi connectivity index (χ2n) is 5.74. The second-order valence-corrected chi connectivity index (χ2v) is 5.74. The van der Waals surface area contributed by atoms with Crippen LogP contribution in [0.3, 0.4) is 0 Å². The first-order chi connectivity index (χ1) is 13.1. The third kappa shape index (κ3) is 5.31. The molecule has 0 unspecified atom stereocenters. The Kier molecular flexibility index (Phi) is 6.04. The van der Waals surface area contributed by atoms with Gasteiger partial charge in [0.05, 0.1) is 6.61 Å². The Labute approximate surface area is 156 Å². The standard InChI is InChI=1S/C20H20N2O5/c1-3-24-16-8-10-17(11-9-16)25-13-19(23)26-12-18-21-20(27-22-18)15-6-4-14(2)5-7-15/h4-11H,3,12-13H2,1-2H3. The minimum Gasteiger partial charge on any atom is -0.494 e. The molecule has 0 N–H and O–H groups in total. The molecule has 3 rings (SSSR count). The average molecular weight is 368 g/mol. The molecule has 7 heteroatoms. The Morgan fingerprint density at radius 2 is 1.67 bits per heavy atom. The first-order valence-electron chi connectivity index (χ1n) is 8.55. The van der Waals surface area contributed by atoms with Gasteiger partial charge in [-0.05, 0) is 50.2 Å². The van der Waals surface area contributed by atoms with Crippen LogP contribution in [-0.2, 0) is 16.1 Å². The molecule has 1 aromatic heterocycles. The fraction of sp³-hybridized carbons (Fsp3) is 0.250. The smallest absolute Gasteiger partial charge is 0.344 e. The molecule has 0 radical (unpaired) electrons. The number of esters is 1. The highest BCUT2D eigenvalue weighted by Gasteiger charge is 2.11. The van der Waals surface area contributed by atoms with Crippen molar-refractivity contribution in [2.24, 2.45) is 0 Å². The minimum atomic E-state index is -0.523. The number of carbonyl (C=O) groups is 1. The molecule has 0 aliphatic rings. The van der Waals surface area contributed by atoms with Gasteiger partial charge >= 0.3 is 5.97 Å². The van der Waals surface area contributed by atoms with Crippen molar-refractivity contribution in [3.63, 3.8) is 0 Å². The van der Waals surface area contributed by atoms with Crippen molar-refractivity contribution in [1.82, 2.24) is 10.1 Å². The summed E-state index contributed by atoms with van der Waals surface area (Å²) in [6, 6.07) is 14.7. The van der Waals surface area contributed by atoms with Crippen molar-refractivity contribution < 1.29 is 23.5 Å². The maximum absolute atomic E-state index is 11.8. The zero-order chi connectivity index (χ0) is 19.1. The number of carbonyl (C=O) groups excluding carboxylic acids is 1. The largest absolute Gasteiger partial charge is 0.494 e. The van der Waals surface area contributed by atoms with Gasteiger partial charge in [0.2, 0.25) is 5.82 Å². The topological polar surface area (TPSA) is 83.7 Å². The normalized spacial score (nSPS) is 10.4. The van der Waals surface area contributed by atoms with Crippen molar-refractivity contribution >= 4 is 5.97 Å². The van der Waals surface area contributed by atoms with Gasteiger partial charge in [0.1, 0.15) is 11.5 Å². The maximum Gasteiger partial charge on any atom is 0.344 e. The molecule has 0 bridgehead atoms. The van der Waals surface area contributed by atoms with Crippen LogP contribution in [0.4, 0.5) is 0 Å². The Morgan fingerprint density at radius 3 is 2.33 bits per heavy atom. The molecule has 0 amide bonds. The molecule has 0 fully saturated rings. The highest BCUT2D eigenvalue weighted by Crippen LogP contribution is 2.18. The highest BCUT2D eigenvalue weighted by molar-refractivity contribution is 5.71. The van der Waals surface area contributed by atoms with E-state index >= 15 is 0 Å². The zero-order valence-corrected chi connectivity index (χ0v) is 15.2. The molecular formula is C20H20N2O5. The van der Waals surface area contributed by atoms with E-state index in [1.165, 1.54) is 0 Å². The number of hydrogen-bond acceptors (Lipinski definition) is 7. The van der Waals surface area contributed by atoms with Crippen molar-refractivity contribution in [1.29, 1.82) is 0 Å².